The van der Waals surface area contributed by atoms with E-state index in [-0.39, 0.29) is 27.8 Å². The smallest absolute Gasteiger partial charge is 0.322 e. The van der Waals surface area contributed by atoms with Crippen molar-refractivity contribution in [2.45, 2.75) is 4.90 Å². The average molecular weight is 317 g/mol. The van der Waals surface area contributed by atoms with Gasteiger partial charge in [-0.15, -0.1) is 0 Å². The maximum absolute atomic E-state index is 11.2. The molecule has 0 radical (unpaired) electrons. The van der Waals surface area contributed by atoms with Crippen LogP contribution < -0.4 is 10.1 Å². The van der Waals surface area contributed by atoms with E-state index in [1.807, 2.05) is 0 Å². The Balaban J connectivity index is 2.43. The highest BCUT2D eigenvalue weighted by molar-refractivity contribution is 7.86. The van der Waals surface area contributed by atoms with E-state index < -0.39 is 10.1 Å². The van der Waals surface area contributed by atoms with Crippen molar-refractivity contribution < 1.29 is 17.7 Å². The molecule has 0 amide bonds. The number of methoxy groups -OCH3 is 1. The first kappa shape index (κ1) is 14.4. The van der Waals surface area contributed by atoms with Gasteiger partial charge in [-0.2, -0.15) is 23.4 Å². The van der Waals surface area contributed by atoms with E-state index in [0.29, 0.717) is 0 Å². The highest BCUT2D eigenvalue weighted by atomic mass is 35.5. The zero-order valence-corrected chi connectivity index (χ0v) is 11.7. The molecular formula is C10H9ClN4O4S. The van der Waals surface area contributed by atoms with Gasteiger partial charge >= 0.3 is 6.01 Å². The molecule has 2 rings (SSSR count). The van der Waals surface area contributed by atoms with Crippen molar-refractivity contribution in [3.05, 3.63) is 29.5 Å². The molecule has 10 heteroatoms. The summed E-state index contributed by atoms with van der Waals surface area (Å²) in [6.07, 6.45) is 0. The summed E-state index contributed by atoms with van der Waals surface area (Å²) in [5, 5.41) is 2.51. The van der Waals surface area contributed by atoms with E-state index >= 15 is 0 Å². The third-order valence-electron chi connectivity index (χ3n) is 2.18. The van der Waals surface area contributed by atoms with Crippen LogP contribution in [0.1, 0.15) is 0 Å². The molecule has 0 fully saturated rings. The molecule has 8 nitrogen and oxygen atoms in total. The lowest BCUT2D eigenvalue weighted by atomic mass is 10.3. The molecule has 1 aromatic heterocycles. The predicted molar refractivity (Wildman–Crippen MR) is 70.9 cm³/mol. The number of nitrogens with zero attached hydrogens (tertiary/aromatic N) is 3. The Morgan fingerprint density at radius 3 is 2.60 bits per heavy atom. The highest BCUT2D eigenvalue weighted by Crippen LogP contribution is 2.23. The van der Waals surface area contributed by atoms with Gasteiger partial charge in [0.25, 0.3) is 10.1 Å². The fraction of sp³-hybridized carbons (Fsp3) is 0.100. The lowest BCUT2D eigenvalue weighted by Crippen LogP contribution is -2.06. The number of rotatable bonds is 4. The van der Waals surface area contributed by atoms with Crippen LogP contribution in [-0.4, -0.2) is 35.0 Å². The summed E-state index contributed by atoms with van der Waals surface area (Å²) in [5.41, 5.74) is 0.0966. The SMILES string of the molecule is COc1nc(Cl)nc(Nc2ccccc2S(=O)(=O)O)n1. The highest BCUT2D eigenvalue weighted by Gasteiger charge is 2.16. The van der Waals surface area contributed by atoms with Crippen molar-refractivity contribution in [3.63, 3.8) is 0 Å². The number of ether oxygens (including phenoxy) is 1. The zero-order valence-electron chi connectivity index (χ0n) is 10.1. The molecule has 0 saturated carbocycles. The number of hydrogen-bond acceptors (Lipinski definition) is 7. The quantitative estimate of drug-likeness (QED) is 0.816. The van der Waals surface area contributed by atoms with Crippen molar-refractivity contribution in [2.75, 3.05) is 12.4 Å². The molecule has 0 atom stereocenters. The Morgan fingerprint density at radius 1 is 1.25 bits per heavy atom. The maximum atomic E-state index is 11.2. The summed E-state index contributed by atoms with van der Waals surface area (Å²) >= 11 is 5.67. The minimum Gasteiger partial charge on any atom is -0.467 e. The number of nitrogens with one attached hydrogen (secondary N) is 1. The molecule has 0 aliphatic carbocycles. The van der Waals surface area contributed by atoms with E-state index in [2.05, 4.69) is 20.3 Å². The number of aromatic nitrogens is 3. The molecule has 0 saturated heterocycles. The normalized spacial score (nSPS) is 11.2. The minimum absolute atomic E-state index is 0.0158. The van der Waals surface area contributed by atoms with Gasteiger partial charge in [-0.05, 0) is 23.7 Å². The van der Waals surface area contributed by atoms with Crippen LogP contribution >= 0.6 is 11.6 Å². The van der Waals surface area contributed by atoms with Gasteiger partial charge in [0.15, 0.2) is 0 Å². The van der Waals surface area contributed by atoms with Gasteiger partial charge in [0.05, 0.1) is 12.8 Å². The number of benzene rings is 1. The Morgan fingerprint density at radius 2 is 1.95 bits per heavy atom. The molecular weight excluding hydrogens is 308 g/mol. The van der Waals surface area contributed by atoms with E-state index in [9.17, 15) is 8.42 Å². The molecule has 0 unspecified atom stereocenters. The summed E-state index contributed by atoms with van der Waals surface area (Å²) in [6, 6.07) is 5.69. The van der Waals surface area contributed by atoms with Crippen LogP contribution in [-0.2, 0) is 10.1 Å². The second-order valence-corrected chi connectivity index (χ2v) is 5.24. The molecule has 20 heavy (non-hydrogen) atoms. The Hall–Kier alpha value is -1.97. The third-order valence-corrected chi connectivity index (χ3v) is 3.26. The first-order valence-electron chi connectivity index (χ1n) is 5.19. The summed E-state index contributed by atoms with van der Waals surface area (Å²) < 4.78 is 36.4. The minimum atomic E-state index is -4.38. The van der Waals surface area contributed by atoms with Crippen molar-refractivity contribution in [1.29, 1.82) is 0 Å². The van der Waals surface area contributed by atoms with Gasteiger partial charge in [-0.25, -0.2) is 0 Å². The van der Waals surface area contributed by atoms with Gasteiger partial charge in [0.1, 0.15) is 4.90 Å². The summed E-state index contributed by atoms with van der Waals surface area (Å²) in [7, 11) is -3.03. The Labute approximate surface area is 119 Å². The van der Waals surface area contributed by atoms with Crippen LogP contribution in [0.4, 0.5) is 11.6 Å². The summed E-state index contributed by atoms with van der Waals surface area (Å²) in [4.78, 5) is 11.0. The first-order chi connectivity index (χ1) is 9.40. The van der Waals surface area contributed by atoms with Gasteiger partial charge in [0, 0.05) is 0 Å². The number of halogens is 1. The van der Waals surface area contributed by atoms with Crippen LogP contribution in [0.2, 0.25) is 5.28 Å². The van der Waals surface area contributed by atoms with E-state index in [0.717, 1.165) is 0 Å². The lowest BCUT2D eigenvalue weighted by molar-refractivity contribution is 0.379. The van der Waals surface area contributed by atoms with Crippen molar-refractivity contribution in [1.82, 2.24) is 15.0 Å². The molecule has 0 spiro atoms. The fourth-order valence-corrected chi connectivity index (χ4v) is 2.19. The molecule has 2 aromatic rings. The molecule has 0 bridgehead atoms. The second-order valence-electron chi connectivity index (χ2n) is 3.51. The van der Waals surface area contributed by atoms with Crippen LogP contribution in [0, 0.1) is 0 Å². The van der Waals surface area contributed by atoms with Gasteiger partial charge in [-0.3, -0.25) is 4.55 Å². The molecule has 0 aliphatic heterocycles. The number of para-hydroxylation sites is 1. The molecule has 1 aromatic carbocycles. The Kier molecular flexibility index (Phi) is 4.02. The molecule has 0 aliphatic rings. The Bertz CT molecular complexity index is 738. The zero-order chi connectivity index (χ0) is 14.8. The summed E-state index contributed by atoms with van der Waals surface area (Å²) in [5.74, 6) is -0.0158. The van der Waals surface area contributed by atoms with Crippen molar-refractivity contribution in [2.24, 2.45) is 0 Å². The molecule has 2 N–H and O–H groups in total. The van der Waals surface area contributed by atoms with Crippen molar-refractivity contribution in [3.8, 4) is 6.01 Å². The molecule has 106 valence electrons. The van der Waals surface area contributed by atoms with Crippen LogP contribution in [0.5, 0.6) is 6.01 Å². The fourth-order valence-electron chi connectivity index (χ4n) is 1.39. The van der Waals surface area contributed by atoms with Gasteiger partial charge < -0.3 is 10.1 Å². The first-order valence-corrected chi connectivity index (χ1v) is 7.01. The van der Waals surface area contributed by atoms with Gasteiger partial charge in [0.2, 0.25) is 11.2 Å². The van der Waals surface area contributed by atoms with Crippen molar-refractivity contribution >= 4 is 33.4 Å². The maximum Gasteiger partial charge on any atom is 0.322 e. The summed E-state index contributed by atoms with van der Waals surface area (Å²) in [6.45, 7) is 0. The van der Waals surface area contributed by atoms with E-state index in [1.165, 1.54) is 25.3 Å². The predicted octanol–water partition coefficient (Wildman–Crippen LogP) is 1.52. The topological polar surface area (TPSA) is 114 Å². The third kappa shape index (κ3) is 3.32. The van der Waals surface area contributed by atoms with Gasteiger partial charge in [-0.1, -0.05) is 12.1 Å². The molecule has 1 heterocycles. The number of anilines is 2. The van der Waals surface area contributed by atoms with E-state index in [4.69, 9.17) is 20.9 Å². The second kappa shape index (κ2) is 5.57. The van der Waals surface area contributed by atoms with Crippen LogP contribution in [0.25, 0.3) is 0 Å². The standard InChI is InChI=1S/C10H9ClN4O4S/c1-19-10-14-8(11)13-9(15-10)12-6-4-2-3-5-7(6)20(16,17)18/h2-5H,1H3,(H,16,17,18)(H,12,13,14,15). The largest absolute Gasteiger partial charge is 0.467 e. The lowest BCUT2D eigenvalue weighted by Gasteiger charge is -2.09. The van der Waals surface area contributed by atoms with E-state index in [1.54, 1.807) is 6.07 Å². The van der Waals surface area contributed by atoms with Crippen LogP contribution in [0.3, 0.4) is 0 Å². The average Bonchev–Trinajstić information content (AvgIpc) is 2.37. The van der Waals surface area contributed by atoms with Crippen LogP contribution in [0.15, 0.2) is 29.2 Å². The number of hydrogen-bond donors (Lipinski definition) is 2. The monoisotopic (exact) mass is 316 g/mol.